The molecule has 9 heavy (non-hydrogen) atoms. The molecule has 5 nitrogen and oxygen atoms in total. The summed E-state index contributed by atoms with van der Waals surface area (Å²) in [5, 5.41) is 7.60. The van der Waals surface area contributed by atoms with E-state index in [9.17, 15) is 4.79 Å². The van der Waals surface area contributed by atoms with Crippen molar-refractivity contribution in [3.8, 4) is 0 Å². The van der Waals surface area contributed by atoms with Gasteiger partial charge in [-0.3, -0.25) is 4.79 Å². The van der Waals surface area contributed by atoms with Crippen molar-refractivity contribution in [2.45, 2.75) is 0 Å². The molecule has 0 saturated carbocycles. The molecule has 0 aromatic rings. The van der Waals surface area contributed by atoms with Crippen molar-refractivity contribution in [2.75, 3.05) is 13.6 Å². The highest BCUT2D eigenvalue weighted by molar-refractivity contribution is 5.68. The normalized spacial score (nSPS) is 6.00. The molecule has 0 unspecified atom stereocenters. The minimum Gasteiger partial charge on any atom is -0.480 e. The van der Waals surface area contributed by atoms with Crippen molar-refractivity contribution < 1.29 is 14.7 Å². The van der Waals surface area contributed by atoms with Gasteiger partial charge in [0.05, 0.1) is 6.54 Å². The van der Waals surface area contributed by atoms with Gasteiger partial charge in [0.15, 0.2) is 0 Å². The van der Waals surface area contributed by atoms with E-state index in [1.165, 1.54) is 13.1 Å². The predicted octanol–water partition coefficient (Wildman–Crippen LogP) is -1.02. The van der Waals surface area contributed by atoms with Gasteiger partial charge < -0.3 is 10.8 Å². The lowest BCUT2D eigenvalue weighted by atomic mass is 10.7. The molecule has 0 amide bonds. The molecule has 52 valence electrons. The van der Waals surface area contributed by atoms with Gasteiger partial charge in [-0.15, -0.1) is 0 Å². The van der Waals surface area contributed by atoms with Crippen LogP contribution in [0.25, 0.3) is 0 Å². The lowest BCUT2D eigenvalue weighted by molar-refractivity contribution is -0.135. The van der Waals surface area contributed by atoms with E-state index in [1.807, 2.05) is 0 Å². The van der Waals surface area contributed by atoms with Gasteiger partial charge >= 0.3 is 5.97 Å². The summed E-state index contributed by atoms with van der Waals surface area (Å²) in [6.07, 6.45) is 1.31. The Labute approximate surface area is 52.2 Å². The van der Waals surface area contributed by atoms with Crippen LogP contribution in [0.5, 0.6) is 0 Å². The van der Waals surface area contributed by atoms with E-state index in [0.29, 0.717) is 0 Å². The number of carbonyl (C=O) groups is 1. The van der Waals surface area contributed by atoms with E-state index in [0.717, 1.165) is 0 Å². The molecular formula is C4H8N2O3. The minimum absolute atomic E-state index is 0.278. The number of aliphatic carboxylic acids is 1. The van der Waals surface area contributed by atoms with Crippen LogP contribution in [-0.4, -0.2) is 30.7 Å². The molecule has 0 aliphatic heterocycles. The van der Waals surface area contributed by atoms with Gasteiger partial charge in [0.2, 0.25) is 6.08 Å². The van der Waals surface area contributed by atoms with Gasteiger partial charge in [-0.2, -0.15) is 0 Å². The molecular weight excluding hydrogens is 124 g/mol. The fourth-order valence-corrected chi connectivity index (χ4v) is 0. The molecule has 3 N–H and O–H groups in total. The Balaban J connectivity index is 0. The van der Waals surface area contributed by atoms with Crippen LogP contribution in [-0.2, 0) is 9.59 Å². The van der Waals surface area contributed by atoms with Crippen molar-refractivity contribution in [3.05, 3.63) is 0 Å². The molecule has 0 heterocycles. The lowest BCUT2D eigenvalue weighted by Gasteiger charge is -1.73. The van der Waals surface area contributed by atoms with Crippen LogP contribution in [0.2, 0.25) is 0 Å². The Morgan fingerprint density at radius 1 is 1.89 bits per heavy atom. The maximum Gasteiger partial charge on any atom is 0.317 e. The zero-order chi connectivity index (χ0) is 7.70. The summed E-state index contributed by atoms with van der Waals surface area (Å²) < 4.78 is 0. The van der Waals surface area contributed by atoms with Gasteiger partial charge in [-0.05, 0) is 0 Å². The maximum absolute atomic E-state index is 9.24. The standard InChI is InChI=1S/C2H5NO2.C2H3NO/c3-1-2(4)5;1-3-2-4/h1,3H2,(H,4,5);1H3. The molecule has 5 heteroatoms. The zero-order valence-corrected chi connectivity index (χ0v) is 5.00. The number of rotatable bonds is 1. The molecule has 0 rings (SSSR count). The predicted molar refractivity (Wildman–Crippen MR) is 30.7 cm³/mol. The van der Waals surface area contributed by atoms with E-state index >= 15 is 0 Å². The van der Waals surface area contributed by atoms with E-state index in [2.05, 4.69) is 10.7 Å². The van der Waals surface area contributed by atoms with Gasteiger partial charge in [0.1, 0.15) is 0 Å². The van der Waals surface area contributed by atoms with Crippen molar-refractivity contribution >= 4 is 12.0 Å². The van der Waals surface area contributed by atoms with E-state index in [-0.39, 0.29) is 6.54 Å². The van der Waals surface area contributed by atoms with Crippen LogP contribution in [0.1, 0.15) is 0 Å². The summed E-state index contributed by atoms with van der Waals surface area (Å²) in [6.45, 7) is -0.278. The largest absolute Gasteiger partial charge is 0.480 e. The third-order valence-corrected chi connectivity index (χ3v) is 0.266. The summed E-state index contributed by atoms with van der Waals surface area (Å²) in [6, 6.07) is 0. The van der Waals surface area contributed by atoms with Crippen LogP contribution in [0, 0.1) is 0 Å². The van der Waals surface area contributed by atoms with Crippen molar-refractivity contribution in [3.63, 3.8) is 0 Å². The topological polar surface area (TPSA) is 92.8 Å². The summed E-state index contributed by atoms with van der Waals surface area (Å²) >= 11 is 0. The number of carboxylic acid groups (broad SMARTS) is 1. The number of nitrogens with two attached hydrogens (primary N) is 1. The number of hydrogen-bond donors (Lipinski definition) is 2. The number of carbonyl (C=O) groups excluding carboxylic acids is 1. The number of aliphatic imine (C=N–C) groups is 1. The summed E-state index contributed by atoms with van der Waals surface area (Å²) in [7, 11) is 1.38. The maximum atomic E-state index is 9.24. The average Bonchev–Trinajstić information content (AvgIpc) is 1.89. The Bertz CT molecular complexity index is 117. The van der Waals surface area contributed by atoms with Crippen LogP contribution in [0.4, 0.5) is 0 Å². The molecule has 0 aromatic heterocycles. The number of hydrogen-bond acceptors (Lipinski definition) is 4. The first kappa shape index (κ1) is 10.7. The Hall–Kier alpha value is -1.19. The second-order valence-electron chi connectivity index (χ2n) is 0.913. The molecule has 0 aliphatic carbocycles. The fourth-order valence-electron chi connectivity index (χ4n) is 0. The third kappa shape index (κ3) is 48.1. The van der Waals surface area contributed by atoms with Gasteiger partial charge in [-0.1, -0.05) is 0 Å². The molecule has 0 atom stereocenters. The first-order valence-electron chi connectivity index (χ1n) is 2.06. The van der Waals surface area contributed by atoms with E-state index in [1.54, 1.807) is 0 Å². The second kappa shape index (κ2) is 9.94. The summed E-state index contributed by atoms with van der Waals surface area (Å²) in [4.78, 5) is 21.1. The Morgan fingerprint density at radius 3 is 2.11 bits per heavy atom. The highest BCUT2D eigenvalue weighted by atomic mass is 16.4. The quantitative estimate of drug-likeness (QED) is 0.353. The summed E-state index contributed by atoms with van der Waals surface area (Å²) in [5.41, 5.74) is 4.57. The second-order valence-corrected chi connectivity index (χ2v) is 0.913. The van der Waals surface area contributed by atoms with Gasteiger partial charge in [-0.25, -0.2) is 9.79 Å². The molecule has 0 bridgehead atoms. The zero-order valence-electron chi connectivity index (χ0n) is 5.00. The number of carboxylic acids is 1. The smallest absolute Gasteiger partial charge is 0.317 e. The molecule has 0 radical (unpaired) electrons. The third-order valence-electron chi connectivity index (χ3n) is 0.266. The fraction of sp³-hybridized carbons (Fsp3) is 0.500. The highest BCUT2D eigenvalue weighted by Gasteiger charge is 1.81. The SMILES string of the molecule is CN=C=O.NCC(=O)O. The molecule has 0 saturated heterocycles. The monoisotopic (exact) mass is 132 g/mol. The van der Waals surface area contributed by atoms with Crippen molar-refractivity contribution in [1.82, 2.24) is 0 Å². The Morgan fingerprint density at radius 2 is 2.11 bits per heavy atom. The molecule has 0 fully saturated rings. The van der Waals surface area contributed by atoms with Crippen molar-refractivity contribution in [1.29, 1.82) is 0 Å². The number of nitrogens with zero attached hydrogens (tertiary/aromatic N) is 1. The van der Waals surface area contributed by atoms with E-state index < -0.39 is 5.97 Å². The van der Waals surface area contributed by atoms with Crippen LogP contribution in [0.3, 0.4) is 0 Å². The number of isocyanates is 1. The lowest BCUT2D eigenvalue weighted by Crippen LogP contribution is -2.10. The van der Waals surface area contributed by atoms with Crippen LogP contribution in [0.15, 0.2) is 4.99 Å². The first-order chi connectivity index (χ1) is 4.18. The average molecular weight is 132 g/mol. The van der Waals surface area contributed by atoms with Gasteiger partial charge in [0.25, 0.3) is 0 Å². The Kier molecular flexibility index (Phi) is 11.8. The first-order valence-corrected chi connectivity index (χ1v) is 2.06. The van der Waals surface area contributed by atoms with Crippen LogP contribution >= 0.6 is 0 Å². The van der Waals surface area contributed by atoms with Gasteiger partial charge in [0, 0.05) is 7.05 Å². The molecule has 0 spiro atoms. The van der Waals surface area contributed by atoms with Crippen LogP contribution < -0.4 is 5.73 Å². The highest BCUT2D eigenvalue weighted by Crippen LogP contribution is 1.43. The molecule has 0 aliphatic rings. The molecule has 0 aromatic carbocycles. The minimum atomic E-state index is -0.968. The van der Waals surface area contributed by atoms with Crippen molar-refractivity contribution in [2.24, 2.45) is 10.7 Å². The summed E-state index contributed by atoms with van der Waals surface area (Å²) in [5.74, 6) is -0.968. The van der Waals surface area contributed by atoms with E-state index in [4.69, 9.17) is 9.90 Å².